The van der Waals surface area contributed by atoms with E-state index in [0.29, 0.717) is 16.8 Å². The Labute approximate surface area is 198 Å². The topological polar surface area (TPSA) is 92.8 Å². The highest BCUT2D eigenvalue weighted by atomic mass is 35.5. The van der Waals surface area contributed by atoms with Gasteiger partial charge in [0.2, 0.25) is 5.91 Å². The summed E-state index contributed by atoms with van der Waals surface area (Å²) in [6, 6.07) is 18.9. The number of hydrogen-bond donors (Lipinski definition) is 1. The molecule has 0 fully saturated rings. The highest BCUT2D eigenvalue weighted by molar-refractivity contribution is 7.92. The van der Waals surface area contributed by atoms with Crippen LogP contribution >= 0.6 is 11.6 Å². The number of para-hydroxylation sites is 1. The Morgan fingerprint density at radius 2 is 1.67 bits per heavy atom. The molecule has 0 aliphatic carbocycles. The number of ether oxygens (including phenoxy) is 1. The number of benzene rings is 3. The summed E-state index contributed by atoms with van der Waals surface area (Å²) < 4.78 is 32.7. The fourth-order valence-corrected chi connectivity index (χ4v) is 4.89. The molecule has 7 nitrogen and oxygen atoms in total. The van der Waals surface area contributed by atoms with Gasteiger partial charge in [-0.05, 0) is 61.9 Å². The summed E-state index contributed by atoms with van der Waals surface area (Å²) in [6.07, 6.45) is 0. The molecule has 0 bridgehead atoms. The molecule has 3 rings (SSSR count). The molecular weight excluding hydrogens is 464 g/mol. The van der Waals surface area contributed by atoms with Crippen LogP contribution in [-0.2, 0) is 19.6 Å². The molecule has 3 aromatic carbocycles. The number of halogens is 1. The molecule has 0 saturated carbocycles. The van der Waals surface area contributed by atoms with Crippen LogP contribution in [0.15, 0.2) is 77.7 Å². The number of anilines is 2. The van der Waals surface area contributed by atoms with Crippen molar-refractivity contribution in [3.63, 3.8) is 0 Å². The molecule has 0 aromatic heterocycles. The normalized spacial score (nSPS) is 11.0. The van der Waals surface area contributed by atoms with Gasteiger partial charge in [0.25, 0.3) is 10.0 Å². The van der Waals surface area contributed by atoms with Gasteiger partial charge in [0.05, 0.1) is 27.8 Å². The van der Waals surface area contributed by atoms with E-state index < -0.39 is 28.4 Å². The number of sulfonamides is 1. The third-order valence-corrected chi connectivity index (χ3v) is 6.84. The maximum atomic E-state index is 13.4. The molecule has 0 atom stereocenters. The number of rotatable bonds is 8. The monoisotopic (exact) mass is 486 g/mol. The molecule has 0 saturated heterocycles. The Bertz CT molecular complexity index is 1260. The van der Waals surface area contributed by atoms with Crippen molar-refractivity contribution >= 4 is 44.9 Å². The second-order valence-corrected chi connectivity index (χ2v) is 9.34. The van der Waals surface area contributed by atoms with Gasteiger partial charge in [0, 0.05) is 5.69 Å². The molecule has 1 amide bonds. The molecule has 0 aliphatic rings. The van der Waals surface area contributed by atoms with Crippen molar-refractivity contribution in [1.29, 1.82) is 0 Å². The predicted molar refractivity (Wildman–Crippen MR) is 128 cm³/mol. The number of amides is 1. The van der Waals surface area contributed by atoms with Gasteiger partial charge < -0.3 is 10.1 Å². The van der Waals surface area contributed by atoms with Crippen LogP contribution in [0, 0.1) is 6.92 Å². The lowest BCUT2D eigenvalue weighted by Crippen LogP contribution is -2.38. The van der Waals surface area contributed by atoms with Crippen LogP contribution in [0.4, 0.5) is 11.4 Å². The van der Waals surface area contributed by atoms with E-state index in [4.69, 9.17) is 16.3 Å². The molecular formula is C24H23ClN2O5S. The van der Waals surface area contributed by atoms with Crippen molar-refractivity contribution in [2.45, 2.75) is 18.7 Å². The van der Waals surface area contributed by atoms with E-state index in [9.17, 15) is 18.0 Å². The largest absolute Gasteiger partial charge is 0.462 e. The summed E-state index contributed by atoms with van der Waals surface area (Å²) in [4.78, 5) is 24.9. The molecule has 172 valence electrons. The highest BCUT2D eigenvalue weighted by Crippen LogP contribution is 2.30. The average Bonchev–Trinajstić information content (AvgIpc) is 2.80. The van der Waals surface area contributed by atoms with Crippen molar-refractivity contribution < 1.29 is 22.7 Å². The number of carbonyl (C=O) groups is 2. The van der Waals surface area contributed by atoms with Crippen molar-refractivity contribution in [2.75, 3.05) is 22.8 Å². The van der Waals surface area contributed by atoms with Gasteiger partial charge in [-0.1, -0.05) is 41.9 Å². The molecule has 0 radical (unpaired) electrons. The van der Waals surface area contributed by atoms with Gasteiger partial charge in [0.1, 0.15) is 6.54 Å². The Morgan fingerprint density at radius 1 is 1.00 bits per heavy atom. The van der Waals surface area contributed by atoms with E-state index in [1.807, 2.05) is 0 Å². The van der Waals surface area contributed by atoms with E-state index in [1.165, 1.54) is 24.3 Å². The average molecular weight is 487 g/mol. The zero-order valence-electron chi connectivity index (χ0n) is 18.1. The van der Waals surface area contributed by atoms with Crippen LogP contribution in [0.25, 0.3) is 0 Å². The van der Waals surface area contributed by atoms with Gasteiger partial charge in [-0.25, -0.2) is 13.2 Å². The minimum absolute atomic E-state index is 0.0349. The quantitative estimate of drug-likeness (QED) is 0.467. The Morgan fingerprint density at radius 3 is 2.30 bits per heavy atom. The third-order valence-electron chi connectivity index (χ3n) is 4.75. The minimum Gasteiger partial charge on any atom is -0.462 e. The van der Waals surface area contributed by atoms with Gasteiger partial charge in [0.15, 0.2) is 0 Å². The Hall–Kier alpha value is -3.36. The lowest BCUT2D eigenvalue weighted by molar-refractivity contribution is -0.114. The van der Waals surface area contributed by atoms with Gasteiger partial charge in [-0.2, -0.15) is 0 Å². The van der Waals surface area contributed by atoms with E-state index in [0.717, 1.165) is 4.31 Å². The second kappa shape index (κ2) is 10.5. The van der Waals surface area contributed by atoms with E-state index in [1.54, 1.807) is 62.4 Å². The molecule has 0 unspecified atom stereocenters. The minimum atomic E-state index is -4.07. The first-order valence-electron chi connectivity index (χ1n) is 10.1. The first-order valence-corrected chi connectivity index (χ1v) is 12.0. The molecule has 0 spiro atoms. The van der Waals surface area contributed by atoms with Crippen LogP contribution in [0.3, 0.4) is 0 Å². The van der Waals surface area contributed by atoms with Crippen molar-refractivity contribution in [1.82, 2.24) is 0 Å². The molecule has 0 heterocycles. The zero-order valence-corrected chi connectivity index (χ0v) is 19.7. The summed E-state index contributed by atoms with van der Waals surface area (Å²) in [5.41, 5.74) is 1.62. The fourth-order valence-electron chi connectivity index (χ4n) is 3.14. The zero-order chi connectivity index (χ0) is 24.0. The summed E-state index contributed by atoms with van der Waals surface area (Å²) in [6.45, 7) is 3.20. The van der Waals surface area contributed by atoms with Crippen molar-refractivity contribution in [3.05, 3.63) is 88.9 Å². The summed E-state index contributed by atoms with van der Waals surface area (Å²) in [7, 11) is -4.07. The summed E-state index contributed by atoms with van der Waals surface area (Å²) in [5, 5.41) is 2.91. The second-order valence-electron chi connectivity index (χ2n) is 7.07. The van der Waals surface area contributed by atoms with E-state index in [2.05, 4.69) is 5.32 Å². The maximum absolute atomic E-state index is 13.4. The summed E-state index contributed by atoms with van der Waals surface area (Å²) >= 11 is 6.27. The highest BCUT2D eigenvalue weighted by Gasteiger charge is 2.28. The fraction of sp³-hybridized carbons (Fsp3) is 0.167. The van der Waals surface area contributed by atoms with Crippen LogP contribution in [-0.4, -0.2) is 33.4 Å². The Kier molecular flexibility index (Phi) is 7.73. The lowest BCUT2D eigenvalue weighted by Gasteiger charge is -2.25. The number of nitrogens with one attached hydrogen (secondary N) is 1. The maximum Gasteiger partial charge on any atom is 0.338 e. The number of hydrogen-bond acceptors (Lipinski definition) is 5. The Balaban J connectivity index is 1.89. The first kappa shape index (κ1) is 24.3. The SMILES string of the molecule is CCOC(=O)c1ccc(NC(=O)CN(c2ccccc2Cl)S(=O)(=O)c2ccccc2)c(C)c1. The number of esters is 1. The molecule has 33 heavy (non-hydrogen) atoms. The molecule has 0 aliphatic heterocycles. The smallest absolute Gasteiger partial charge is 0.338 e. The first-order chi connectivity index (χ1) is 15.7. The van der Waals surface area contributed by atoms with Crippen LogP contribution < -0.4 is 9.62 Å². The predicted octanol–water partition coefficient (Wildman–Crippen LogP) is 4.66. The molecule has 3 aromatic rings. The van der Waals surface area contributed by atoms with E-state index in [-0.39, 0.29) is 22.2 Å². The lowest BCUT2D eigenvalue weighted by atomic mass is 10.1. The molecule has 9 heteroatoms. The number of carbonyl (C=O) groups excluding carboxylic acids is 2. The van der Waals surface area contributed by atoms with E-state index >= 15 is 0 Å². The van der Waals surface area contributed by atoms with Gasteiger partial charge >= 0.3 is 5.97 Å². The number of nitrogens with zero attached hydrogens (tertiary/aromatic N) is 1. The van der Waals surface area contributed by atoms with Crippen molar-refractivity contribution in [2.24, 2.45) is 0 Å². The number of aryl methyl sites for hydroxylation is 1. The van der Waals surface area contributed by atoms with Gasteiger partial charge in [-0.3, -0.25) is 9.10 Å². The van der Waals surface area contributed by atoms with Gasteiger partial charge in [-0.15, -0.1) is 0 Å². The van der Waals surface area contributed by atoms with Crippen molar-refractivity contribution in [3.8, 4) is 0 Å². The van der Waals surface area contributed by atoms with Crippen LogP contribution in [0.2, 0.25) is 5.02 Å². The van der Waals surface area contributed by atoms with Crippen LogP contribution in [0.1, 0.15) is 22.8 Å². The summed E-state index contributed by atoms with van der Waals surface area (Å²) in [5.74, 6) is -1.03. The molecule has 1 N–H and O–H groups in total. The van der Waals surface area contributed by atoms with Crippen LogP contribution in [0.5, 0.6) is 0 Å². The third kappa shape index (κ3) is 5.71. The standard InChI is InChI=1S/C24H23ClN2O5S/c1-3-32-24(29)18-13-14-21(17(2)15-18)26-23(28)16-27(22-12-8-7-11-20(22)25)33(30,31)19-9-5-4-6-10-19/h4-15H,3,16H2,1-2H3,(H,26,28).